The van der Waals surface area contributed by atoms with Gasteiger partial charge in [0.15, 0.2) is 18.4 Å². The molecule has 0 saturated carbocycles. The largest absolute Gasteiger partial charge is 0.485 e. The van der Waals surface area contributed by atoms with Gasteiger partial charge in [0.2, 0.25) is 11.8 Å². The Labute approximate surface area is 171 Å². The molecule has 1 aromatic rings. The van der Waals surface area contributed by atoms with Gasteiger partial charge in [0.1, 0.15) is 12.4 Å². The lowest BCUT2D eigenvalue weighted by atomic mass is 10.0. The molecule has 0 radical (unpaired) electrons. The minimum atomic E-state index is -0.177. The maximum atomic E-state index is 11.6. The summed E-state index contributed by atoms with van der Waals surface area (Å²) < 4.78 is 5.10. The van der Waals surface area contributed by atoms with Gasteiger partial charge in [-0.1, -0.05) is 39.8 Å². The third-order valence-electron chi connectivity index (χ3n) is 3.61. The van der Waals surface area contributed by atoms with Crippen molar-refractivity contribution < 1.29 is 33.8 Å². The first-order chi connectivity index (χ1) is 13.9. The van der Waals surface area contributed by atoms with E-state index in [1.54, 1.807) is 25.1 Å². The second-order valence-corrected chi connectivity index (χ2v) is 5.44. The molecule has 2 N–H and O–H groups in total. The van der Waals surface area contributed by atoms with Crippen molar-refractivity contribution in [3.8, 4) is 5.75 Å². The molecule has 0 aliphatic carbocycles. The van der Waals surface area contributed by atoms with Crippen molar-refractivity contribution in [1.82, 2.24) is 5.32 Å². The van der Waals surface area contributed by atoms with Crippen LogP contribution in [0, 0.1) is 5.92 Å². The number of aldehydes is 2. The summed E-state index contributed by atoms with van der Waals surface area (Å²) in [4.78, 5) is 53.8. The molecule has 8 nitrogen and oxygen atoms in total. The molecule has 0 aromatic heterocycles. The van der Waals surface area contributed by atoms with Crippen molar-refractivity contribution >= 4 is 30.2 Å². The van der Waals surface area contributed by atoms with Crippen molar-refractivity contribution in [3.63, 3.8) is 0 Å². The van der Waals surface area contributed by atoms with E-state index < -0.39 is 0 Å². The SMILES string of the molecule is CC.CC1CCC(=O)NC1=O.CCC(=O)c1c(C=O)cccc1OCC=O.CO. The monoisotopic (exact) mass is 409 g/mol. The van der Waals surface area contributed by atoms with Gasteiger partial charge in [-0.25, -0.2) is 0 Å². The second kappa shape index (κ2) is 17.2. The van der Waals surface area contributed by atoms with E-state index in [1.165, 1.54) is 0 Å². The highest BCUT2D eigenvalue weighted by molar-refractivity contribution is 6.05. The number of ether oxygens (including phenoxy) is 1. The third-order valence-corrected chi connectivity index (χ3v) is 3.61. The number of aliphatic hydroxyl groups is 1. The average molecular weight is 409 g/mol. The van der Waals surface area contributed by atoms with Gasteiger partial charge in [0.05, 0.1) is 5.56 Å². The Morgan fingerprint density at radius 2 is 1.86 bits per heavy atom. The van der Waals surface area contributed by atoms with Gasteiger partial charge in [-0.3, -0.25) is 29.3 Å². The van der Waals surface area contributed by atoms with Crippen molar-refractivity contribution in [2.24, 2.45) is 5.92 Å². The van der Waals surface area contributed by atoms with E-state index in [-0.39, 0.29) is 53.4 Å². The Hall–Kier alpha value is -2.87. The van der Waals surface area contributed by atoms with Crippen molar-refractivity contribution in [3.05, 3.63) is 29.3 Å². The first-order valence-electron chi connectivity index (χ1n) is 9.40. The summed E-state index contributed by atoms with van der Waals surface area (Å²) in [6, 6.07) is 4.72. The lowest BCUT2D eigenvalue weighted by Gasteiger charge is -2.15. The molecule has 1 heterocycles. The molecule has 1 aromatic carbocycles. The number of amides is 2. The second-order valence-electron chi connectivity index (χ2n) is 5.44. The number of Topliss-reactive ketones (excluding diaryl/α,β-unsaturated/α-hetero) is 1. The van der Waals surface area contributed by atoms with Gasteiger partial charge >= 0.3 is 0 Å². The molecule has 8 heteroatoms. The van der Waals surface area contributed by atoms with Gasteiger partial charge in [0, 0.05) is 31.4 Å². The zero-order chi connectivity index (χ0) is 22.8. The van der Waals surface area contributed by atoms with Crippen LogP contribution < -0.4 is 10.1 Å². The van der Waals surface area contributed by atoms with E-state index in [0.29, 0.717) is 25.4 Å². The van der Waals surface area contributed by atoms with E-state index in [2.05, 4.69) is 5.32 Å². The summed E-state index contributed by atoms with van der Waals surface area (Å²) in [7, 11) is 1.00. The summed E-state index contributed by atoms with van der Waals surface area (Å²) in [5, 5.41) is 9.25. The van der Waals surface area contributed by atoms with E-state index >= 15 is 0 Å². The van der Waals surface area contributed by atoms with Gasteiger partial charge < -0.3 is 9.84 Å². The fourth-order valence-electron chi connectivity index (χ4n) is 2.17. The fourth-order valence-corrected chi connectivity index (χ4v) is 2.17. The molecule has 1 aliphatic heterocycles. The van der Waals surface area contributed by atoms with Crippen LogP contribution >= 0.6 is 0 Å². The minimum absolute atomic E-state index is 0.0164. The Morgan fingerprint density at radius 3 is 2.31 bits per heavy atom. The molecule has 1 aliphatic rings. The molecular formula is C21H31NO7. The van der Waals surface area contributed by atoms with Gasteiger partial charge in [0.25, 0.3) is 0 Å². The lowest BCUT2D eigenvalue weighted by Crippen LogP contribution is -2.39. The van der Waals surface area contributed by atoms with E-state index in [1.807, 2.05) is 20.8 Å². The van der Waals surface area contributed by atoms with Crippen LogP contribution in [0.3, 0.4) is 0 Å². The molecule has 1 saturated heterocycles. The normalized spacial score (nSPS) is 14.3. The zero-order valence-electron chi connectivity index (χ0n) is 17.7. The van der Waals surface area contributed by atoms with Crippen molar-refractivity contribution in [1.29, 1.82) is 0 Å². The van der Waals surface area contributed by atoms with Gasteiger partial charge in [-0.05, 0) is 12.5 Å². The number of imide groups is 1. The van der Waals surface area contributed by atoms with Crippen LogP contribution in [0.4, 0.5) is 0 Å². The number of rotatable bonds is 6. The molecule has 0 bridgehead atoms. The van der Waals surface area contributed by atoms with E-state index in [0.717, 1.165) is 7.11 Å². The molecule has 2 rings (SSSR count). The Morgan fingerprint density at radius 1 is 1.24 bits per heavy atom. The Bertz CT molecular complexity index is 671. The van der Waals surface area contributed by atoms with Crippen LogP contribution in [0.1, 0.15) is 67.7 Å². The Balaban J connectivity index is 0. The highest BCUT2D eigenvalue weighted by Gasteiger charge is 2.21. The molecule has 1 fully saturated rings. The van der Waals surface area contributed by atoms with Crippen molar-refractivity contribution in [2.75, 3.05) is 13.7 Å². The van der Waals surface area contributed by atoms with Crippen LogP contribution in [-0.4, -0.2) is 49.0 Å². The van der Waals surface area contributed by atoms with E-state index in [4.69, 9.17) is 9.84 Å². The number of hydrogen-bond acceptors (Lipinski definition) is 7. The van der Waals surface area contributed by atoms with Crippen molar-refractivity contribution in [2.45, 2.75) is 47.0 Å². The van der Waals surface area contributed by atoms with Gasteiger partial charge in [-0.15, -0.1) is 0 Å². The maximum absolute atomic E-state index is 11.6. The molecule has 2 amide bonds. The standard InChI is InChI=1S/C12H12O4.C6H9NO2.C2H6.CH4O/c1-2-10(15)12-9(8-14)4-3-5-11(12)16-7-6-13;1-4-2-3-5(8)7-6(4)9;2*1-2/h3-6,8H,2,7H2,1H3;4H,2-3H2,1H3,(H,7,8,9);1-2H3;2H,1H3. The third kappa shape index (κ3) is 10.3. The fraction of sp³-hybridized carbons (Fsp3) is 0.476. The number of carbonyl (C=O) groups is 5. The minimum Gasteiger partial charge on any atom is -0.485 e. The number of aliphatic hydroxyl groups excluding tert-OH is 1. The van der Waals surface area contributed by atoms with Crippen LogP contribution in [0.5, 0.6) is 5.75 Å². The molecule has 162 valence electrons. The predicted octanol–water partition coefficient (Wildman–Crippen LogP) is 2.36. The van der Waals surface area contributed by atoms with Crippen LogP contribution in [0.25, 0.3) is 0 Å². The molecule has 0 spiro atoms. The molecule has 29 heavy (non-hydrogen) atoms. The number of nitrogens with one attached hydrogen (secondary N) is 1. The number of benzene rings is 1. The van der Waals surface area contributed by atoms with Crippen LogP contribution in [0.15, 0.2) is 18.2 Å². The first kappa shape index (κ1) is 28.3. The predicted molar refractivity (Wildman–Crippen MR) is 109 cm³/mol. The Kier molecular flexibility index (Phi) is 16.9. The molecular weight excluding hydrogens is 378 g/mol. The smallest absolute Gasteiger partial charge is 0.229 e. The van der Waals surface area contributed by atoms with Crippen LogP contribution in [0.2, 0.25) is 0 Å². The first-order valence-corrected chi connectivity index (χ1v) is 9.40. The molecule has 1 atom stereocenters. The number of hydrogen-bond donors (Lipinski definition) is 2. The average Bonchev–Trinajstić information content (AvgIpc) is 2.77. The highest BCUT2D eigenvalue weighted by atomic mass is 16.5. The number of carbonyl (C=O) groups excluding carboxylic acids is 5. The summed E-state index contributed by atoms with van der Waals surface area (Å²) in [6.45, 7) is 7.39. The number of ketones is 1. The highest BCUT2D eigenvalue weighted by Crippen LogP contribution is 2.23. The summed E-state index contributed by atoms with van der Waals surface area (Å²) >= 11 is 0. The lowest BCUT2D eigenvalue weighted by molar-refractivity contribution is -0.135. The number of piperidine rings is 1. The van der Waals surface area contributed by atoms with E-state index in [9.17, 15) is 24.0 Å². The van der Waals surface area contributed by atoms with Gasteiger partial charge in [-0.2, -0.15) is 0 Å². The van der Waals surface area contributed by atoms with Crippen LogP contribution in [-0.2, 0) is 14.4 Å². The maximum Gasteiger partial charge on any atom is 0.229 e. The summed E-state index contributed by atoms with van der Waals surface area (Å²) in [5.41, 5.74) is 0.539. The molecule has 1 unspecified atom stereocenters. The quantitative estimate of drug-likeness (QED) is 0.419. The topological polar surface area (TPSA) is 127 Å². The summed E-state index contributed by atoms with van der Waals surface area (Å²) in [6.07, 6.45) is 2.67. The summed E-state index contributed by atoms with van der Waals surface area (Å²) in [5.74, 6) is -0.154. The zero-order valence-corrected chi connectivity index (χ0v) is 17.7.